The lowest BCUT2D eigenvalue weighted by atomic mass is 9.84. The lowest BCUT2D eigenvalue weighted by Crippen LogP contribution is -2.44. The lowest BCUT2D eigenvalue weighted by molar-refractivity contribution is -0.0498. The zero-order chi connectivity index (χ0) is 16.0. The van der Waals surface area contributed by atoms with E-state index in [2.05, 4.69) is 10.1 Å². The van der Waals surface area contributed by atoms with Crippen LogP contribution in [0.5, 0.6) is 5.75 Å². The van der Waals surface area contributed by atoms with E-state index in [1.54, 1.807) is 6.07 Å². The second-order valence-corrected chi connectivity index (χ2v) is 5.88. The topological polar surface area (TPSA) is 64.3 Å². The van der Waals surface area contributed by atoms with Crippen LogP contribution < -0.4 is 15.8 Å². The zero-order valence-corrected chi connectivity index (χ0v) is 12.5. The Labute approximate surface area is 123 Å². The molecule has 4 nitrogen and oxygen atoms in total. The molecule has 1 aromatic carbocycles. The van der Waals surface area contributed by atoms with Crippen molar-refractivity contribution in [2.75, 3.05) is 6.54 Å². The first-order valence-corrected chi connectivity index (χ1v) is 6.80. The van der Waals surface area contributed by atoms with E-state index < -0.39 is 6.61 Å². The van der Waals surface area contributed by atoms with E-state index in [4.69, 9.17) is 5.73 Å². The molecule has 6 heteroatoms. The van der Waals surface area contributed by atoms with Gasteiger partial charge in [0, 0.05) is 11.6 Å². The molecule has 1 amide bonds. The molecular weight excluding hydrogens is 278 g/mol. The van der Waals surface area contributed by atoms with Gasteiger partial charge in [0.25, 0.3) is 5.91 Å². The molecule has 118 valence electrons. The highest BCUT2D eigenvalue weighted by atomic mass is 19.3. The van der Waals surface area contributed by atoms with Gasteiger partial charge >= 0.3 is 6.61 Å². The Bertz CT molecular complexity index is 473. The molecule has 3 N–H and O–H groups in total. The molecule has 0 saturated heterocycles. The molecule has 21 heavy (non-hydrogen) atoms. The van der Waals surface area contributed by atoms with Gasteiger partial charge in [-0.25, -0.2) is 0 Å². The molecule has 0 aliphatic heterocycles. The zero-order valence-electron chi connectivity index (χ0n) is 12.5. The van der Waals surface area contributed by atoms with E-state index in [1.165, 1.54) is 18.2 Å². The number of nitrogens with two attached hydrogens (primary N) is 1. The molecule has 0 aliphatic rings. The Morgan fingerprint density at radius 2 is 2.05 bits per heavy atom. The van der Waals surface area contributed by atoms with Crippen molar-refractivity contribution in [1.82, 2.24) is 5.32 Å². The van der Waals surface area contributed by atoms with Crippen molar-refractivity contribution in [2.24, 2.45) is 11.1 Å². The van der Waals surface area contributed by atoms with Gasteiger partial charge in [0.15, 0.2) is 0 Å². The summed E-state index contributed by atoms with van der Waals surface area (Å²) in [7, 11) is 0. The number of hydrogen-bond acceptors (Lipinski definition) is 3. The minimum absolute atomic E-state index is 0.0382. The molecule has 0 heterocycles. The van der Waals surface area contributed by atoms with E-state index in [-0.39, 0.29) is 28.7 Å². The van der Waals surface area contributed by atoms with Crippen molar-refractivity contribution in [2.45, 2.75) is 39.8 Å². The van der Waals surface area contributed by atoms with E-state index in [0.717, 1.165) is 0 Å². The molecule has 0 radical (unpaired) electrons. The van der Waals surface area contributed by atoms with Crippen LogP contribution in [0.15, 0.2) is 24.3 Å². The Kier molecular flexibility index (Phi) is 6.08. The van der Waals surface area contributed by atoms with Crippen molar-refractivity contribution in [3.05, 3.63) is 29.8 Å². The van der Waals surface area contributed by atoms with Crippen LogP contribution in [0.4, 0.5) is 8.78 Å². The second-order valence-electron chi connectivity index (χ2n) is 5.88. The first-order chi connectivity index (χ1) is 9.74. The Hall–Kier alpha value is -1.69. The summed E-state index contributed by atoms with van der Waals surface area (Å²) in [6, 6.07) is 5.63. The number of nitrogens with one attached hydrogen (secondary N) is 1. The largest absolute Gasteiger partial charge is 0.435 e. The maximum Gasteiger partial charge on any atom is 0.387 e. The van der Waals surface area contributed by atoms with Crippen molar-refractivity contribution in [3.8, 4) is 5.75 Å². The van der Waals surface area contributed by atoms with Gasteiger partial charge in [-0.1, -0.05) is 26.8 Å². The van der Waals surface area contributed by atoms with Crippen LogP contribution >= 0.6 is 0 Å². The molecule has 1 aromatic rings. The number of carbonyl (C=O) groups is 1. The summed E-state index contributed by atoms with van der Waals surface area (Å²) >= 11 is 0. The summed E-state index contributed by atoms with van der Waals surface area (Å²) in [5.41, 5.74) is 5.70. The Balaban J connectivity index is 2.82. The van der Waals surface area contributed by atoms with E-state index in [9.17, 15) is 13.6 Å². The smallest absolute Gasteiger partial charge is 0.387 e. The maximum atomic E-state index is 12.2. The van der Waals surface area contributed by atoms with Crippen molar-refractivity contribution >= 4 is 5.91 Å². The SMILES string of the molecule is CC(C)(C)C(CCN)NC(=O)c1cccc(OC(F)F)c1. The fourth-order valence-electron chi connectivity index (χ4n) is 1.94. The molecule has 0 spiro atoms. The average Bonchev–Trinajstić information content (AvgIpc) is 2.36. The van der Waals surface area contributed by atoms with Gasteiger partial charge in [0.1, 0.15) is 5.75 Å². The highest BCUT2D eigenvalue weighted by molar-refractivity contribution is 5.94. The highest BCUT2D eigenvalue weighted by Crippen LogP contribution is 2.22. The van der Waals surface area contributed by atoms with E-state index in [0.29, 0.717) is 13.0 Å². The van der Waals surface area contributed by atoms with Gasteiger partial charge in [0.2, 0.25) is 0 Å². The van der Waals surface area contributed by atoms with Crippen LogP contribution in [0.2, 0.25) is 0 Å². The van der Waals surface area contributed by atoms with Crippen LogP contribution in [0, 0.1) is 5.41 Å². The maximum absolute atomic E-state index is 12.2. The molecule has 0 bridgehead atoms. The lowest BCUT2D eigenvalue weighted by Gasteiger charge is -2.31. The van der Waals surface area contributed by atoms with Crippen LogP contribution in [0.25, 0.3) is 0 Å². The molecule has 0 saturated carbocycles. The Morgan fingerprint density at radius 3 is 2.57 bits per heavy atom. The second kappa shape index (κ2) is 7.36. The number of alkyl halides is 2. The van der Waals surface area contributed by atoms with E-state index >= 15 is 0 Å². The molecule has 0 aliphatic carbocycles. The first kappa shape index (κ1) is 17.4. The first-order valence-electron chi connectivity index (χ1n) is 6.80. The van der Waals surface area contributed by atoms with Crippen LogP contribution in [0.3, 0.4) is 0 Å². The predicted molar refractivity (Wildman–Crippen MR) is 77.5 cm³/mol. The van der Waals surface area contributed by atoms with Gasteiger partial charge in [0.05, 0.1) is 0 Å². The van der Waals surface area contributed by atoms with Gasteiger partial charge in [-0.3, -0.25) is 4.79 Å². The molecule has 1 atom stereocenters. The molecule has 0 fully saturated rings. The van der Waals surface area contributed by atoms with Gasteiger partial charge in [-0.15, -0.1) is 0 Å². The summed E-state index contributed by atoms with van der Waals surface area (Å²) in [5.74, 6) is -0.369. The number of rotatable bonds is 6. The van der Waals surface area contributed by atoms with E-state index in [1.807, 2.05) is 20.8 Å². The van der Waals surface area contributed by atoms with Crippen molar-refractivity contribution in [3.63, 3.8) is 0 Å². The number of benzene rings is 1. The van der Waals surface area contributed by atoms with Gasteiger partial charge < -0.3 is 15.8 Å². The molecule has 1 rings (SSSR count). The number of ether oxygens (including phenoxy) is 1. The van der Waals surface area contributed by atoms with Crippen LogP contribution in [-0.4, -0.2) is 25.1 Å². The highest BCUT2D eigenvalue weighted by Gasteiger charge is 2.26. The number of amides is 1. The minimum atomic E-state index is -2.91. The fourth-order valence-corrected chi connectivity index (χ4v) is 1.94. The monoisotopic (exact) mass is 300 g/mol. The standard InChI is InChI=1S/C15H22F2N2O2/c1-15(2,3)12(7-8-18)19-13(20)10-5-4-6-11(9-10)21-14(16)17/h4-6,9,12,14H,7-8,18H2,1-3H3,(H,19,20). The third-order valence-electron chi connectivity index (χ3n) is 3.13. The minimum Gasteiger partial charge on any atom is -0.435 e. The van der Waals surface area contributed by atoms with Crippen LogP contribution in [-0.2, 0) is 0 Å². The summed E-state index contributed by atoms with van der Waals surface area (Å²) in [6.07, 6.45) is 0.641. The fraction of sp³-hybridized carbons (Fsp3) is 0.533. The van der Waals surface area contributed by atoms with Crippen molar-refractivity contribution < 1.29 is 18.3 Å². The third kappa shape index (κ3) is 5.67. The quantitative estimate of drug-likeness (QED) is 0.849. The van der Waals surface area contributed by atoms with Crippen molar-refractivity contribution in [1.29, 1.82) is 0 Å². The number of carbonyl (C=O) groups excluding carboxylic acids is 1. The summed E-state index contributed by atoms with van der Waals surface area (Å²) in [5, 5.41) is 2.89. The molecular formula is C15H22F2N2O2. The summed E-state index contributed by atoms with van der Waals surface area (Å²) in [4.78, 5) is 12.2. The Morgan fingerprint density at radius 1 is 1.38 bits per heavy atom. The molecule has 1 unspecified atom stereocenters. The number of halogens is 2. The predicted octanol–water partition coefficient (Wildman–Crippen LogP) is 2.78. The normalized spacial score (nSPS) is 13.1. The van der Waals surface area contributed by atoms with Gasteiger partial charge in [-0.2, -0.15) is 8.78 Å². The average molecular weight is 300 g/mol. The number of hydrogen-bond donors (Lipinski definition) is 2. The summed E-state index contributed by atoms with van der Waals surface area (Å²) < 4.78 is 28.7. The van der Waals surface area contributed by atoms with Gasteiger partial charge in [-0.05, 0) is 36.6 Å². The summed E-state index contributed by atoms with van der Waals surface area (Å²) in [6.45, 7) is 3.55. The van der Waals surface area contributed by atoms with Crippen LogP contribution in [0.1, 0.15) is 37.6 Å². The third-order valence-corrected chi connectivity index (χ3v) is 3.13. The molecule has 0 aromatic heterocycles.